The number of nitrogens with one attached hydrogen (secondary N) is 1. The number of phenols is 1. The van der Waals surface area contributed by atoms with E-state index >= 15 is 4.79 Å². The Morgan fingerprint density at radius 3 is 2.19 bits per heavy atom. The number of nitrogens with zero attached hydrogens (tertiary/aromatic N) is 2. The number of imide groups is 2. The van der Waals surface area contributed by atoms with Crippen molar-refractivity contribution >= 4 is 58.2 Å². The lowest BCUT2D eigenvalue weighted by atomic mass is 9.49. The molecule has 2 aliphatic carbocycles. The molecule has 2 heterocycles. The van der Waals surface area contributed by atoms with Crippen LogP contribution in [0.5, 0.6) is 11.5 Å². The van der Waals surface area contributed by atoms with Crippen molar-refractivity contribution in [3.05, 3.63) is 129 Å². The summed E-state index contributed by atoms with van der Waals surface area (Å²) in [7, 11) is 1.56. The quantitative estimate of drug-likeness (QED) is 0.156. The largest absolute Gasteiger partial charge is 0.507 e. The van der Waals surface area contributed by atoms with E-state index in [9.17, 15) is 19.5 Å². The lowest BCUT2D eigenvalue weighted by Gasteiger charge is -2.50. The number of fused-ring (bicyclic) bond motifs is 4. The van der Waals surface area contributed by atoms with Gasteiger partial charge in [-0.3, -0.25) is 29.5 Å². The summed E-state index contributed by atoms with van der Waals surface area (Å²) in [5, 5.41) is 12.5. The predicted octanol–water partition coefficient (Wildman–Crippen LogP) is 7.51. The molecule has 1 saturated carbocycles. The first-order valence-electron chi connectivity index (χ1n) is 17.1. The average Bonchev–Trinajstić information content (AvgIpc) is 3.52. The van der Waals surface area contributed by atoms with Gasteiger partial charge in [0.15, 0.2) is 0 Å². The van der Waals surface area contributed by atoms with E-state index < -0.39 is 46.8 Å². The number of phenolic OH excluding ortho intramolecular Hbond substituents is 1. The number of ether oxygens (including phenoxy) is 1. The molecule has 4 aromatic rings. The number of para-hydroxylation sites is 1. The maximum atomic E-state index is 15.4. The van der Waals surface area contributed by atoms with Gasteiger partial charge in [-0.25, -0.2) is 0 Å². The maximum absolute atomic E-state index is 15.4. The van der Waals surface area contributed by atoms with Gasteiger partial charge in [-0.2, -0.15) is 5.01 Å². The SMILES string of the molecule is COc1ccc(C23C(=O)N(Nc4ccc(Cl)cc4Cl)C(=O)C2CC2C(=CCC4C(=O)N(c5ccccc5)C(=O)C42)C3c2cc(C)c(O)c(C)c2)cc1. The van der Waals surface area contributed by atoms with Crippen LogP contribution in [0.2, 0.25) is 10.0 Å². The van der Waals surface area contributed by atoms with Crippen LogP contribution in [0.1, 0.15) is 41.0 Å². The molecule has 0 spiro atoms. The fourth-order valence-electron chi connectivity index (χ4n) is 9.21. The second kappa shape index (κ2) is 12.5. The number of carbonyl (C=O) groups excluding carboxylic acids is 4. The highest BCUT2D eigenvalue weighted by molar-refractivity contribution is 6.36. The van der Waals surface area contributed by atoms with Crippen LogP contribution in [0.3, 0.4) is 0 Å². The topological polar surface area (TPSA) is 116 Å². The van der Waals surface area contributed by atoms with Crippen molar-refractivity contribution in [3.63, 3.8) is 0 Å². The van der Waals surface area contributed by atoms with E-state index in [1.54, 1.807) is 69.5 Å². The molecule has 6 unspecified atom stereocenters. The molecule has 4 amide bonds. The first-order chi connectivity index (χ1) is 25.0. The van der Waals surface area contributed by atoms with Gasteiger partial charge in [-0.05, 0) is 97.3 Å². The molecule has 4 aromatic carbocycles. The third-order valence-electron chi connectivity index (χ3n) is 11.4. The van der Waals surface area contributed by atoms with Crippen LogP contribution >= 0.6 is 23.2 Å². The molecular formula is C41H35Cl2N3O6. The van der Waals surface area contributed by atoms with Crippen LogP contribution in [0, 0.1) is 37.5 Å². The highest BCUT2D eigenvalue weighted by Crippen LogP contribution is 2.64. The van der Waals surface area contributed by atoms with Gasteiger partial charge in [0.2, 0.25) is 11.8 Å². The molecule has 0 aromatic heterocycles. The van der Waals surface area contributed by atoms with E-state index in [1.165, 1.54) is 11.0 Å². The van der Waals surface area contributed by atoms with Crippen molar-refractivity contribution in [2.24, 2.45) is 23.7 Å². The predicted molar refractivity (Wildman–Crippen MR) is 197 cm³/mol. The molecule has 3 fully saturated rings. The van der Waals surface area contributed by atoms with Gasteiger partial charge >= 0.3 is 0 Å². The normalized spacial score (nSPS) is 26.6. The average molecular weight is 737 g/mol. The Labute approximate surface area is 310 Å². The summed E-state index contributed by atoms with van der Waals surface area (Å²) in [4.78, 5) is 60.1. The smallest absolute Gasteiger partial charge is 0.260 e. The van der Waals surface area contributed by atoms with Crippen molar-refractivity contribution < 1.29 is 29.0 Å². The Balaban J connectivity index is 1.35. The number of carbonyl (C=O) groups is 4. The Morgan fingerprint density at radius 2 is 1.54 bits per heavy atom. The summed E-state index contributed by atoms with van der Waals surface area (Å²) in [6.07, 6.45) is 2.45. The molecule has 264 valence electrons. The minimum atomic E-state index is -1.49. The Hall–Kier alpha value is -5.12. The number of hydrazine groups is 1. The Kier molecular flexibility index (Phi) is 8.19. The number of aryl methyl sites for hydroxylation is 2. The van der Waals surface area contributed by atoms with Gasteiger partial charge in [0, 0.05) is 10.9 Å². The van der Waals surface area contributed by atoms with Crippen LogP contribution < -0.4 is 15.1 Å². The molecule has 2 N–H and O–H groups in total. The number of rotatable bonds is 6. The number of aromatic hydroxyl groups is 1. The number of allylic oxidation sites excluding steroid dienone is 2. The molecule has 0 radical (unpaired) electrons. The molecule has 52 heavy (non-hydrogen) atoms. The third kappa shape index (κ3) is 4.89. The lowest BCUT2D eigenvalue weighted by molar-refractivity contribution is -0.138. The van der Waals surface area contributed by atoms with Crippen LogP contribution in [0.15, 0.2) is 96.6 Å². The molecular weight excluding hydrogens is 701 g/mol. The molecule has 2 saturated heterocycles. The summed E-state index contributed by atoms with van der Waals surface area (Å²) in [5.74, 6) is -4.45. The fraction of sp³-hybridized carbons (Fsp3) is 0.268. The van der Waals surface area contributed by atoms with Crippen molar-refractivity contribution in [2.75, 3.05) is 17.4 Å². The zero-order chi connectivity index (χ0) is 36.6. The van der Waals surface area contributed by atoms with E-state index in [-0.39, 0.29) is 29.0 Å². The van der Waals surface area contributed by atoms with E-state index in [0.29, 0.717) is 50.8 Å². The number of amides is 4. The van der Waals surface area contributed by atoms with Crippen molar-refractivity contribution in [1.29, 1.82) is 0 Å². The van der Waals surface area contributed by atoms with Crippen molar-refractivity contribution in [2.45, 2.75) is 38.0 Å². The van der Waals surface area contributed by atoms with Gasteiger partial charge in [-0.15, -0.1) is 0 Å². The lowest BCUT2D eigenvalue weighted by Crippen LogP contribution is -2.53. The third-order valence-corrected chi connectivity index (χ3v) is 12.0. The summed E-state index contributed by atoms with van der Waals surface area (Å²) >= 11 is 12.7. The van der Waals surface area contributed by atoms with Crippen LogP contribution in [0.25, 0.3) is 0 Å². The number of methoxy groups -OCH3 is 1. The zero-order valence-corrected chi connectivity index (χ0v) is 30.1. The van der Waals surface area contributed by atoms with E-state index in [1.807, 2.05) is 36.4 Å². The fourth-order valence-corrected chi connectivity index (χ4v) is 9.66. The monoisotopic (exact) mass is 735 g/mol. The van der Waals surface area contributed by atoms with Crippen molar-refractivity contribution in [3.8, 4) is 11.5 Å². The van der Waals surface area contributed by atoms with Gasteiger partial charge in [0.25, 0.3) is 11.8 Å². The summed E-state index contributed by atoms with van der Waals surface area (Å²) < 4.78 is 5.48. The number of anilines is 2. The second-order valence-electron chi connectivity index (χ2n) is 14.1. The van der Waals surface area contributed by atoms with E-state index in [4.69, 9.17) is 27.9 Å². The maximum Gasteiger partial charge on any atom is 0.260 e. The molecule has 9 nitrogen and oxygen atoms in total. The van der Waals surface area contributed by atoms with E-state index in [2.05, 4.69) is 5.43 Å². The Morgan fingerprint density at radius 1 is 0.846 bits per heavy atom. The van der Waals surface area contributed by atoms with Gasteiger partial charge in [0.05, 0.1) is 46.7 Å². The molecule has 6 atom stereocenters. The number of hydrogen-bond donors (Lipinski definition) is 2. The highest BCUT2D eigenvalue weighted by Gasteiger charge is 2.70. The van der Waals surface area contributed by atoms with Gasteiger partial charge < -0.3 is 9.84 Å². The van der Waals surface area contributed by atoms with Gasteiger partial charge in [-0.1, -0.05) is 77.3 Å². The minimum Gasteiger partial charge on any atom is -0.507 e. The van der Waals surface area contributed by atoms with Crippen LogP contribution in [0.4, 0.5) is 11.4 Å². The molecule has 11 heteroatoms. The summed E-state index contributed by atoms with van der Waals surface area (Å²) in [5.41, 5.74) is 5.68. The molecule has 8 rings (SSSR count). The number of benzene rings is 4. The first-order valence-corrected chi connectivity index (χ1v) is 17.9. The Bertz CT molecular complexity index is 2180. The van der Waals surface area contributed by atoms with Gasteiger partial charge in [0.1, 0.15) is 11.5 Å². The van der Waals surface area contributed by atoms with Crippen LogP contribution in [-0.2, 0) is 24.6 Å². The highest BCUT2D eigenvalue weighted by atomic mass is 35.5. The second-order valence-corrected chi connectivity index (χ2v) is 14.9. The summed E-state index contributed by atoms with van der Waals surface area (Å²) in [6, 6.07) is 24.5. The van der Waals surface area contributed by atoms with Crippen molar-refractivity contribution in [1.82, 2.24) is 5.01 Å². The van der Waals surface area contributed by atoms with Crippen LogP contribution in [-0.4, -0.2) is 40.9 Å². The summed E-state index contributed by atoms with van der Waals surface area (Å²) in [6.45, 7) is 3.59. The first kappa shape index (κ1) is 34.0. The standard InChI is InChI=1S/C41H35Cl2N3O6/c1-21-17-23(18-22(2)36(21)47)35-28-14-15-29-34(39(50)45(37(29)48)26-7-5-4-6-8-26)30(28)20-31-38(49)46(44-33-16-11-25(42)19-32(33)43)40(51)41(31,35)24-9-12-27(52-3)13-10-24/h4-14,16-19,29-31,34-35,44,47H,15,20H2,1-3H3. The number of halogens is 2. The zero-order valence-electron chi connectivity index (χ0n) is 28.6. The molecule has 2 aliphatic heterocycles. The molecule has 4 aliphatic rings. The molecule has 0 bridgehead atoms. The minimum absolute atomic E-state index is 0.133. The van der Waals surface area contributed by atoms with E-state index in [0.717, 1.165) is 10.6 Å². The number of hydrogen-bond acceptors (Lipinski definition) is 7.